The summed E-state index contributed by atoms with van der Waals surface area (Å²) in [5.41, 5.74) is -1.50. The predicted molar refractivity (Wildman–Crippen MR) is 94.2 cm³/mol. The van der Waals surface area contributed by atoms with Crippen LogP contribution in [0.3, 0.4) is 0 Å². The van der Waals surface area contributed by atoms with Crippen molar-refractivity contribution in [2.75, 3.05) is 13.1 Å². The zero-order chi connectivity index (χ0) is 20.9. The molecule has 0 saturated carbocycles. The molecule has 0 spiro atoms. The summed E-state index contributed by atoms with van der Waals surface area (Å²) in [7, 11) is 0. The van der Waals surface area contributed by atoms with Gasteiger partial charge in [-0.15, -0.1) is 0 Å². The van der Waals surface area contributed by atoms with Gasteiger partial charge in [0, 0.05) is 29.7 Å². The summed E-state index contributed by atoms with van der Waals surface area (Å²) in [4.78, 5) is 34.2. The van der Waals surface area contributed by atoms with Crippen molar-refractivity contribution in [1.82, 2.24) is 10.6 Å². The third-order valence-corrected chi connectivity index (χ3v) is 3.81. The van der Waals surface area contributed by atoms with E-state index in [-0.39, 0.29) is 29.2 Å². The van der Waals surface area contributed by atoms with Crippen molar-refractivity contribution in [3.05, 3.63) is 74.3 Å². The standard InChI is InChI=1S/C17H13ClF3N3O4/c18-12-5-6-13(14(9-12)24(27)28)16(26)23-8-7-22-15(25)10-1-3-11(4-2-10)17(19,20)21/h1-6,9H,7-8H2,(H,22,25)(H,23,26). The Bertz CT molecular complexity index is 902. The van der Waals surface area contributed by atoms with Crippen LogP contribution < -0.4 is 10.6 Å². The van der Waals surface area contributed by atoms with Crippen LogP contribution in [0.5, 0.6) is 0 Å². The van der Waals surface area contributed by atoms with E-state index in [1.807, 2.05) is 0 Å². The number of nitro groups is 1. The summed E-state index contributed by atoms with van der Waals surface area (Å²) in [6.45, 7) is -0.0853. The van der Waals surface area contributed by atoms with Crippen molar-refractivity contribution in [1.29, 1.82) is 0 Å². The maximum atomic E-state index is 12.5. The molecule has 0 unspecified atom stereocenters. The van der Waals surface area contributed by atoms with Gasteiger partial charge >= 0.3 is 6.18 Å². The summed E-state index contributed by atoms with van der Waals surface area (Å²) < 4.78 is 37.5. The Morgan fingerprint density at radius 1 is 1.00 bits per heavy atom. The number of rotatable bonds is 6. The molecule has 0 fully saturated rings. The van der Waals surface area contributed by atoms with Gasteiger partial charge in [-0.25, -0.2) is 0 Å². The molecular formula is C17H13ClF3N3O4. The summed E-state index contributed by atoms with van der Waals surface area (Å²) >= 11 is 5.67. The van der Waals surface area contributed by atoms with Gasteiger partial charge in [-0.05, 0) is 36.4 Å². The van der Waals surface area contributed by atoms with E-state index in [9.17, 15) is 32.9 Å². The summed E-state index contributed by atoms with van der Waals surface area (Å²) in [6, 6.07) is 7.23. The molecule has 2 rings (SSSR count). The molecule has 11 heteroatoms. The van der Waals surface area contributed by atoms with Crippen molar-refractivity contribution in [2.45, 2.75) is 6.18 Å². The number of nitrogens with one attached hydrogen (secondary N) is 2. The average molecular weight is 416 g/mol. The number of amides is 2. The molecule has 0 aliphatic heterocycles. The van der Waals surface area contributed by atoms with Crippen molar-refractivity contribution < 1.29 is 27.7 Å². The maximum absolute atomic E-state index is 12.5. The van der Waals surface area contributed by atoms with Crippen molar-refractivity contribution in [3.63, 3.8) is 0 Å². The van der Waals surface area contributed by atoms with Crippen molar-refractivity contribution in [3.8, 4) is 0 Å². The van der Waals surface area contributed by atoms with E-state index < -0.39 is 34.2 Å². The fourth-order valence-corrected chi connectivity index (χ4v) is 2.37. The highest BCUT2D eigenvalue weighted by molar-refractivity contribution is 6.31. The highest BCUT2D eigenvalue weighted by Crippen LogP contribution is 2.29. The van der Waals surface area contributed by atoms with Crippen LogP contribution in [0.1, 0.15) is 26.3 Å². The maximum Gasteiger partial charge on any atom is 0.416 e. The van der Waals surface area contributed by atoms with Crippen LogP contribution in [0, 0.1) is 10.1 Å². The minimum absolute atomic E-state index is 0.0210. The van der Waals surface area contributed by atoms with E-state index >= 15 is 0 Å². The molecule has 0 bridgehead atoms. The second-order valence-corrected chi connectivity index (χ2v) is 5.94. The first-order valence-corrected chi connectivity index (χ1v) is 8.15. The average Bonchev–Trinajstić information content (AvgIpc) is 2.64. The molecule has 0 heterocycles. The molecule has 0 saturated heterocycles. The zero-order valence-corrected chi connectivity index (χ0v) is 14.8. The summed E-state index contributed by atoms with van der Waals surface area (Å²) in [6.07, 6.45) is -4.50. The molecule has 2 aromatic rings. The van der Waals surface area contributed by atoms with E-state index in [0.29, 0.717) is 0 Å². The van der Waals surface area contributed by atoms with Gasteiger partial charge in [-0.1, -0.05) is 11.6 Å². The van der Waals surface area contributed by atoms with Crippen LogP contribution in [-0.4, -0.2) is 29.8 Å². The molecule has 148 valence electrons. The molecule has 0 aliphatic rings. The SMILES string of the molecule is O=C(NCCNC(=O)c1ccc(Cl)cc1[N+](=O)[O-])c1ccc(C(F)(F)F)cc1. The highest BCUT2D eigenvalue weighted by Gasteiger charge is 2.30. The fourth-order valence-electron chi connectivity index (χ4n) is 2.21. The quantitative estimate of drug-likeness (QED) is 0.428. The molecule has 28 heavy (non-hydrogen) atoms. The van der Waals surface area contributed by atoms with E-state index in [0.717, 1.165) is 30.3 Å². The largest absolute Gasteiger partial charge is 0.416 e. The van der Waals surface area contributed by atoms with E-state index in [1.165, 1.54) is 12.1 Å². The molecule has 0 aromatic heterocycles. The number of benzene rings is 2. The minimum atomic E-state index is -4.50. The Morgan fingerprint density at radius 2 is 1.57 bits per heavy atom. The van der Waals surface area contributed by atoms with E-state index in [4.69, 9.17) is 11.6 Å². The van der Waals surface area contributed by atoms with Crippen molar-refractivity contribution >= 4 is 29.1 Å². The zero-order valence-electron chi connectivity index (χ0n) is 14.0. The Balaban J connectivity index is 1.88. The third-order valence-electron chi connectivity index (χ3n) is 3.57. The Morgan fingerprint density at radius 3 is 2.11 bits per heavy atom. The highest BCUT2D eigenvalue weighted by atomic mass is 35.5. The number of nitro benzene ring substituents is 1. The third kappa shape index (κ3) is 5.43. The second kappa shape index (κ2) is 8.70. The molecule has 0 atom stereocenters. The predicted octanol–water partition coefficient (Wildman–Crippen LogP) is 3.43. The van der Waals surface area contributed by atoms with Gasteiger partial charge in [-0.2, -0.15) is 13.2 Å². The second-order valence-electron chi connectivity index (χ2n) is 5.51. The van der Waals surface area contributed by atoms with E-state index in [2.05, 4.69) is 10.6 Å². The van der Waals surface area contributed by atoms with Crippen LogP contribution >= 0.6 is 11.6 Å². The first-order chi connectivity index (χ1) is 13.1. The lowest BCUT2D eigenvalue weighted by molar-refractivity contribution is -0.385. The number of alkyl halides is 3. The number of halogens is 4. The molecule has 0 radical (unpaired) electrons. The van der Waals surface area contributed by atoms with Gasteiger partial charge in [-0.3, -0.25) is 19.7 Å². The van der Waals surface area contributed by atoms with Gasteiger partial charge in [0.1, 0.15) is 5.56 Å². The molecular weight excluding hydrogens is 403 g/mol. The summed E-state index contributed by atoms with van der Waals surface area (Å²) in [5.74, 6) is -1.35. The molecule has 2 N–H and O–H groups in total. The van der Waals surface area contributed by atoms with Gasteiger partial charge in [0.15, 0.2) is 0 Å². The van der Waals surface area contributed by atoms with Gasteiger partial charge in [0.25, 0.3) is 17.5 Å². The van der Waals surface area contributed by atoms with E-state index in [1.54, 1.807) is 0 Å². The topological polar surface area (TPSA) is 101 Å². The van der Waals surface area contributed by atoms with Crippen LogP contribution in [0.25, 0.3) is 0 Å². The van der Waals surface area contributed by atoms with Crippen LogP contribution in [0.2, 0.25) is 5.02 Å². The Labute approximate surface area is 161 Å². The van der Waals surface area contributed by atoms with Gasteiger partial charge < -0.3 is 10.6 Å². The molecule has 2 aromatic carbocycles. The number of hydrogen-bond acceptors (Lipinski definition) is 4. The molecule has 0 aliphatic carbocycles. The molecule has 2 amide bonds. The lowest BCUT2D eigenvalue weighted by Gasteiger charge is -2.09. The van der Waals surface area contributed by atoms with Crippen LogP contribution in [-0.2, 0) is 6.18 Å². The molecule has 7 nitrogen and oxygen atoms in total. The Kier molecular flexibility index (Phi) is 6.57. The lowest BCUT2D eigenvalue weighted by Crippen LogP contribution is -2.34. The summed E-state index contributed by atoms with van der Waals surface area (Å²) in [5, 5.41) is 15.9. The normalized spacial score (nSPS) is 11.0. The first-order valence-electron chi connectivity index (χ1n) is 7.77. The number of carbonyl (C=O) groups is 2. The van der Waals surface area contributed by atoms with Crippen LogP contribution in [0.15, 0.2) is 42.5 Å². The first kappa shape index (κ1) is 21.2. The van der Waals surface area contributed by atoms with Crippen molar-refractivity contribution in [2.24, 2.45) is 0 Å². The minimum Gasteiger partial charge on any atom is -0.350 e. The lowest BCUT2D eigenvalue weighted by atomic mass is 10.1. The number of carbonyl (C=O) groups excluding carboxylic acids is 2. The number of nitrogens with zero attached hydrogens (tertiary/aromatic N) is 1. The number of hydrogen-bond donors (Lipinski definition) is 2. The van der Waals surface area contributed by atoms with Gasteiger partial charge in [0.05, 0.1) is 10.5 Å². The van der Waals surface area contributed by atoms with Gasteiger partial charge in [0.2, 0.25) is 0 Å². The Hall–Kier alpha value is -3.14. The van der Waals surface area contributed by atoms with Crippen LogP contribution in [0.4, 0.5) is 18.9 Å². The monoisotopic (exact) mass is 415 g/mol. The smallest absolute Gasteiger partial charge is 0.350 e. The fraction of sp³-hybridized carbons (Fsp3) is 0.176.